The molecular formula is C34H39N3O6. The fourth-order valence-electron chi connectivity index (χ4n) is 5.89. The van der Waals surface area contributed by atoms with Crippen LogP contribution in [0.15, 0.2) is 57.5 Å². The van der Waals surface area contributed by atoms with Gasteiger partial charge < -0.3 is 28.1 Å². The minimum atomic E-state index is -0.127. The molecule has 0 aliphatic carbocycles. The first-order valence-electron chi connectivity index (χ1n) is 15.0. The van der Waals surface area contributed by atoms with Crippen LogP contribution in [-0.2, 0) is 29.0 Å². The van der Waals surface area contributed by atoms with E-state index in [0.29, 0.717) is 51.6 Å². The molecule has 0 atom stereocenters. The number of fused-ring (bicyclic) bond motifs is 3. The second-order valence-electron chi connectivity index (χ2n) is 11.3. The van der Waals surface area contributed by atoms with Gasteiger partial charge in [0, 0.05) is 43.7 Å². The number of nitrogens with zero attached hydrogens (tertiary/aromatic N) is 3. The quantitative estimate of drug-likeness (QED) is 0.317. The average molecular weight is 586 g/mol. The van der Waals surface area contributed by atoms with E-state index in [1.807, 2.05) is 43.9 Å². The number of aromatic nitrogens is 1. The second-order valence-corrected chi connectivity index (χ2v) is 11.3. The zero-order valence-electron chi connectivity index (χ0n) is 25.2. The van der Waals surface area contributed by atoms with Crippen molar-refractivity contribution in [2.45, 2.75) is 40.3 Å². The van der Waals surface area contributed by atoms with Crippen LogP contribution >= 0.6 is 0 Å². The Kier molecular flexibility index (Phi) is 8.92. The first kappa shape index (κ1) is 29.2. The fourth-order valence-corrected chi connectivity index (χ4v) is 5.89. The molecule has 2 aliphatic heterocycles. The normalized spacial score (nSPS) is 16.8. The van der Waals surface area contributed by atoms with E-state index in [0.717, 1.165) is 82.6 Å². The van der Waals surface area contributed by atoms with Gasteiger partial charge in [-0.25, -0.2) is 0 Å². The maximum absolute atomic E-state index is 13.8. The van der Waals surface area contributed by atoms with Gasteiger partial charge in [0.05, 0.1) is 38.7 Å². The number of furan rings is 1. The highest BCUT2D eigenvalue weighted by molar-refractivity contribution is 5.93. The second kappa shape index (κ2) is 13.2. The molecule has 0 unspecified atom stereocenters. The average Bonchev–Trinajstić information content (AvgIpc) is 3.54. The minimum Gasteiger partial charge on any atom is -0.491 e. The Labute approximate surface area is 252 Å². The van der Waals surface area contributed by atoms with E-state index in [9.17, 15) is 4.79 Å². The molecule has 4 heterocycles. The van der Waals surface area contributed by atoms with Crippen LogP contribution in [-0.4, -0.2) is 73.5 Å². The number of benzene rings is 2. The van der Waals surface area contributed by atoms with Gasteiger partial charge in [-0.3, -0.25) is 9.69 Å². The molecule has 1 saturated heterocycles. The van der Waals surface area contributed by atoms with Crippen LogP contribution in [0.4, 0.5) is 0 Å². The van der Waals surface area contributed by atoms with Gasteiger partial charge in [0.1, 0.15) is 23.9 Å². The number of amides is 1. The Bertz CT molecular complexity index is 1550. The van der Waals surface area contributed by atoms with Crippen molar-refractivity contribution in [1.29, 1.82) is 0 Å². The molecule has 0 N–H and O–H groups in total. The summed E-state index contributed by atoms with van der Waals surface area (Å²) in [5.41, 5.74) is 7.02. The van der Waals surface area contributed by atoms with Crippen molar-refractivity contribution in [3.8, 4) is 16.9 Å². The summed E-state index contributed by atoms with van der Waals surface area (Å²) < 4.78 is 29.2. The number of hydrogen-bond acceptors (Lipinski definition) is 8. The summed E-state index contributed by atoms with van der Waals surface area (Å²) in [6.45, 7) is 11.8. The topological polar surface area (TPSA) is 90.4 Å². The van der Waals surface area contributed by atoms with E-state index in [4.69, 9.17) is 23.2 Å². The molecule has 0 saturated carbocycles. The Balaban J connectivity index is 1.25. The van der Waals surface area contributed by atoms with E-state index < -0.39 is 0 Å². The summed E-state index contributed by atoms with van der Waals surface area (Å²) in [5.74, 6) is 2.69. The lowest BCUT2D eigenvalue weighted by atomic mass is 9.96. The smallest absolute Gasteiger partial charge is 0.290 e. The third-order valence-electron chi connectivity index (χ3n) is 8.07. The van der Waals surface area contributed by atoms with Crippen molar-refractivity contribution >= 4 is 5.91 Å². The Morgan fingerprint density at radius 2 is 1.67 bits per heavy atom. The maximum atomic E-state index is 13.8. The summed E-state index contributed by atoms with van der Waals surface area (Å²) in [5, 5.41) is 4.14. The molecule has 2 aromatic heterocycles. The van der Waals surface area contributed by atoms with Gasteiger partial charge in [0.2, 0.25) is 0 Å². The van der Waals surface area contributed by atoms with Crippen molar-refractivity contribution in [2.75, 3.05) is 52.7 Å². The highest BCUT2D eigenvalue weighted by Gasteiger charge is 2.24. The fraction of sp³-hybridized carbons (Fsp3) is 0.412. The molecule has 2 aromatic carbocycles. The molecule has 1 fully saturated rings. The van der Waals surface area contributed by atoms with Crippen LogP contribution in [0.25, 0.3) is 11.1 Å². The number of hydrogen-bond donors (Lipinski definition) is 0. The number of morpholine rings is 1. The van der Waals surface area contributed by atoms with Gasteiger partial charge in [-0.1, -0.05) is 35.5 Å². The summed E-state index contributed by atoms with van der Waals surface area (Å²) >= 11 is 0. The van der Waals surface area contributed by atoms with Gasteiger partial charge in [-0.05, 0) is 61.2 Å². The van der Waals surface area contributed by atoms with Crippen molar-refractivity contribution < 1.29 is 27.9 Å². The predicted molar refractivity (Wildman–Crippen MR) is 161 cm³/mol. The number of carbonyl (C=O) groups is 1. The van der Waals surface area contributed by atoms with Gasteiger partial charge in [-0.2, -0.15) is 0 Å². The molecule has 9 nitrogen and oxygen atoms in total. The van der Waals surface area contributed by atoms with Gasteiger partial charge >= 0.3 is 0 Å². The molecule has 0 spiro atoms. The molecule has 43 heavy (non-hydrogen) atoms. The zero-order chi connectivity index (χ0) is 29.8. The number of carbonyl (C=O) groups excluding carboxylic acids is 1. The standard InChI is InChI=1S/C34H39N3O6/c1-23-17-30(22-36-9-12-39-13-10-36)42-33(23)34(38)37-11-14-40-15-16-41-31-8-7-28(32-24(2)35-43-25(32)3)20-29(31)19-26-5-4-6-27(18-26)21-37/h4-8,17-18,20H,9-16,19,21-22H2,1-3H3. The van der Waals surface area contributed by atoms with Crippen LogP contribution in [0, 0.1) is 20.8 Å². The molecular weight excluding hydrogens is 546 g/mol. The van der Waals surface area contributed by atoms with Crippen LogP contribution < -0.4 is 4.74 Å². The molecule has 4 aromatic rings. The van der Waals surface area contributed by atoms with Gasteiger partial charge in [0.25, 0.3) is 5.91 Å². The SMILES string of the molecule is Cc1cc(CN2CCOCC2)oc1C(=O)N1CCOCCOc2ccc(-c3c(C)noc3C)cc2Cc2cccc(c2)C1. The molecule has 226 valence electrons. The van der Waals surface area contributed by atoms with Crippen LogP contribution in [0.3, 0.4) is 0 Å². The highest BCUT2D eigenvalue weighted by atomic mass is 16.5. The minimum absolute atomic E-state index is 0.127. The molecule has 9 heteroatoms. The lowest BCUT2D eigenvalue weighted by Gasteiger charge is -2.25. The van der Waals surface area contributed by atoms with E-state index in [-0.39, 0.29) is 5.91 Å². The Morgan fingerprint density at radius 3 is 2.49 bits per heavy atom. The largest absolute Gasteiger partial charge is 0.491 e. The molecule has 0 radical (unpaired) electrons. The van der Waals surface area contributed by atoms with Crippen LogP contribution in [0.5, 0.6) is 5.75 Å². The highest BCUT2D eigenvalue weighted by Crippen LogP contribution is 2.32. The summed E-state index contributed by atoms with van der Waals surface area (Å²) in [7, 11) is 0. The number of aryl methyl sites for hydroxylation is 3. The monoisotopic (exact) mass is 585 g/mol. The van der Waals surface area contributed by atoms with Crippen molar-refractivity contribution in [1.82, 2.24) is 15.0 Å². The first-order chi connectivity index (χ1) is 20.9. The van der Waals surface area contributed by atoms with Crippen molar-refractivity contribution in [3.05, 3.63) is 93.8 Å². The number of ether oxygens (including phenoxy) is 3. The molecule has 2 aliphatic rings. The molecule has 2 bridgehead atoms. The van der Waals surface area contributed by atoms with Crippen molar-refractivity contribution in [2.24, 2.45) is 0 Å². The number of rotatable bonds is 4. The van der Waals surface area contributed by atoms with Gasteiger partial charge in [-0.15, -0.1) is 0 Å². The third-order valence-corrected chi connectivity index (χ3v) is 8.07. The zero-order valence-corrected chi connectivity index (χ0v) is 25.2. The lowest BCUT2D eigenvalue weighted by molar-refractivity contribution is 0.0308. The molecule has 6 rings (SSSR count). The predicted octanol–water partition coefficient (Wildman–Crippen LogP) is 5.33. The first-order valence-corrected chi connectivity index (χ1v) is 15.0. The lowest BCUT2D eigenvalue weighted by Crippen LogP contribution is -2.35. The van der Waals surface area contributed by atoms with E-state index in [2.05, 4.69) is 40.4 Å². The summed E-state index contributed by atoms with van der Waals surface area (Å²) in [6.07, 6.45) is 0.678. The van der Waals surface area contributed by atoms with Crippen LogP contribution in [0.2, 0.25) is 0 Å². The molecule has 1 amide bonds. The van der Waals surface area contributed by atoms with E-state index >= 15 is 0 Å². The Hall–Kier alpha value is -3.92. The van der Waals surface area contributed by atoms with Gasteiger partial charge in [0.15, 0.2) is 5.76 Å². The van der Waals surface area contributed by atoms with E-state index in [1.165, 1.54) is 0 Å². The van der Waals surface area contributed by atoms with Crippen LogP contribution in [0.1, 0.15) is 50.0 Å². The van der Waals surface area contributed by atoms with Crippen molar-refractivity contribution in [3.63, 3.8) is 0 Å². The summed E-state index contributed by atoms with van der Waals surface area (Å²) in [6, 6.07) is 16.6. The third kappa shape index (κ3) is 6.85. The summed E-state index contributed by atoms with van der Waals surface area (Å²) in [4.78, 5) is 17.9. The van der Waals surface area contributed by atoms with E-state index in [1.54, 1.807) is 0 Å². The Morgan fingerprint density at radius 1 is 0.884 bits per heavy atom. The maximum Gasteiger partial charge on any atom is 0.290 e.